The van der Waals surface area contributed by atoms with E-state index in [1.54, 1.807) is 4.90 Å². The largest absolute Gasteiger partial charge is 0.353 e. The molecule has 0 bridgehead atoms. The number of piperazine rings is 2. The van der Waals surface area contributed by atoms with Crippen LogP contribution in [0.2, 0.25) is 0 Å². The smallest absolute Gasteiger partial charge is 0.267 e. The molecule has 1 atom stereocenters. The first-order chi connectivity index (χ1) is 10.1. The van der Waals surface area contributed by atoms with Crippen molar-refractivity contribution in [1.82, 2.24) is 24.7 Å². The van der Waals surface area contributed by atoms with Crippen LogP contribution in [0, 0.1) is 0 Å². The van der Waals surface area contributed by atoms with Gasteiger partial charge in [0.15, 0.2) is 0 Å². The number of hydrogen-bond acceptors (Lipinski definition) is 6. The molecule has 114 valence electrons. The number of nitrogens with zero attached hydrogens (tertiary/aromatic N) is 4. The molecule has 2 amide bonds. The molecular formula is C13H19N5O2S. The van der Waals surface area contributed by atoms with Gasteiger partial charge in [-0.05, 0) is 17.5 Å². The van der Waals surface area contributed by atoms with Crippen LogP contribution in [0.4, 0.5) is 0 Å². The molecule has 2 fully saturated rings. The fourth-order valence-corrected chi connectivity index (χ4v) is 3.62. The Balaban J connectivity index is 1.76. The normalized spacial score (nSPS) is 23.1. The quantitative estimate of drug-likeness (QED) is 0.826. The van der Waals surface area contributed by atoms with Crippen molar-refractivity contribution in [3.63, 3.8) is 0 Å². The lowest BCUT2D eigenvalue weighted by atomic mass is 10.1. The van der Waals surface area contributed by atoms with Crippen LogP contribution in [0.1, 0.15) is 35.1 Å². The summed E-state index contributed by atoms with van der Waals surface area (Å²) in [5.41, 5.74) is 0.750. The molecule has 21 heavy (non-hydrogen) atoms. The molecule has 2 aliphatic heterocycles. The molecule has 0 spiro atoms. The van der Waals surface area contributed by atoms with Gasteiger partial charge in [0.25, 0.3) is 5.91 Å². The fourth-order valence-electron chi connectivity index (χ4n) is 2.83. The van der Waals surface area contributed by atoms with Gasteiger partial charge in [-0.1, -0.05) is 18.3 Å². The molecule has 3 heterocycles. The Bertz CT molecular complexity index is 559. The second-order valence-corrected chi connectivity index (χ2v) is 6.49. The highest BCUT2D eigenvalue weighted by Crippen LogP contribution is 2.23. The third-order valence-electron chi connectivity index (χ3n) is 4.03. The molecule has 0 aliphatic carbocycles. The van der Waals surface area contributed by atoms with E-state index in [0.717, 1.165) is 30.3 Å². The molecule has 3 rings (SSSR count). The van der Waals surface area contributed by atoms with Crippen LogP contribution in [0.3, 0.4) is 0 Å². The number of fused-ring (bicyclic) bond motifs is 1. The zero-order valence-corrected chi connectivity index (χ0v) is 13.0. The average molecular weight is 309 g/mol. The monoisotopic (exact) mass is 309 g/mol. The van der Waals surface area contributed by atoms with Gasteiger partial charge in [0.1, 0.15) is 10.9 Å². The zero-order valence-electron chi connectivity index (χ0n) is 12.2. The van der Waals surface area contributed by atoms with E-state index in [1.165, 1.54) is 0 Å². The van der Waals surface area contributed by atoms with Gasteiger partial charge in [-0.3, -0.25) is 14.5 Å². The summed E-state index contributed by atoms with van der Waals surface area (Å²) in [5.74, 6) is 0.138. The Morgan fingerprint density at radius 3 is 2.95 bits per heavy atom. The number of rotatable bonds is 2. The minimum Gasteiger partial charge on any atom is -0.353 e. The van der Waals surface area contributed by atoms with Crippen molar-refractivity contribution in [3.8, 4) is 0 Å². The first kappa shape index (κ1) is 14.4. The first-order valence-electron chi connectivity index (χ1n) is 7.21. The average Bonchev–Trinajstić information content (AvgIpc) is 2.96. The number of nitrogens with one attached hydrogen (secondary N) is 1. The van der Waals surface area contributed by atoms with E-state index in [-0.39, 0.29) is 23.8 Å². The molecular weight excluding hydrogens is 290 g/mol. The Hall–Kier alpha value is -1.54. The van der Waals surface area contributed by atoms with E-state index in [1.807, 2.05) is 13.8 Å². The third-order valence-corrected chi connectivity index (χ3v) is 4.76. The van der Waals surface area contributed by atoms with Gasteiger partial charge in [-0.25, -0.2) is 0 Å². The molecule has 0 saturated carbocycles. The molecule has 0 radical (unpaired) electrons. The zero-order chi connectivity index (χ0) is 15.0. The van der Waals surface area contributed by atoms with Crippen LogP contribution in [0.15, 0.2) is 0 Å². The maximum Gasteiger partial charge on any atom is 0.267 e. The van der Waals surface area contributed by atoms with Crippen LogP contribution in [0.5, 0.6) is 0 Å². The fraction of sp³-hybridized carbons (Fsp3) is 0.692. The van der Waals surface area contributed by atoms with Crippen LogP contribution < -0.4 is 5.32 Å². The van der Waals surface area contributed by atoms with E-state index in [9.17, 15) is 9.59 Å². The maximum atomic E-state index is 12.7. The lowest BCUT2D eigenvalue weighted by Gasteiger charge is -2.42. The second kappa shape index (κ2) is 5.69. The van der Waals surface area contributed by atoms with E-state index in [4.69, 9.17) is 0 Å². The summed E-state index contributed by atoms with van der Waals surface area (Å²) < 4.78 is 3.91. The summed E-state index contributed by atoms with van der Waals surface area (Å²) in [7, 11) is 0. The van der Waals surface area contributed by atoms with E-state index < -0.39 is 0 Å². The van der Waals surface area contributed by atoms with Crippen molar-refractivity contribution in [2.24, 2.45) is 0 Å². The Kier molecular flexibility index (Phi) is 3.90. The van der Waals surface area contributed by atoms with Crippen LogP contribution >= 0.6 is 11.5 Å². The molecule has 0 aromatic carbocycles. The highest BCUT2D eigenvalue weighted by atomic mass is 32.1. The van der Waals surface area contributed by atoms with Crippen molar-refractivity contribution < 1.29 is 9.59 Å². The summed E-state index contributed by atoms with van der Waals surface area (Å²) in [6.07, 6.45) is 0. The van der Waals surface area contributed by atoms with Crippen molar-refractivity contribution in [3.05, 3.63) is 10.6 Å². The van der Waals surface area contributed by atoms with Gasteiger partial charge in [0, 0.05) is 32.7 Å². The summed E-state index contributed by atoms with van der Waals surface area (Å²) >= 11 is 1.14. The first-order valence-corrected chi connectivity index (χ1v) is 7.98. The topological polar surface area (TPSA) is 78.4 Å². The lowest BCUT2D eigenvalue weighted by molar-refractivity contribution is -0.131. The summed E-state index contributed by atoms with van der Waals surface area (Å²) in [5, 5.41) is 6.92. The van der Waals surface area contributed by atoms with Gasteiger partial charge in [-0.2, -0.15) is 0 Å². The van der Waals surface area contributed by atoms with Gasteiger partial charge in [0.05, 0.1) is 5.69 Å². The molecule has 7 nitrogen and oxygen atoms in total. The standard InChI is InChI=1S/C13H19N5O2S/c1-8(2)10-11(21-16-15-10)13(20)18-6-5-17-4-3-14-12(19)9(17)7-18/h8-9H,3-7H2,1-2H3,(H,14,19)/t9-/m0/s1. The van der Waals surface area contributed by atoms with Gasteiger partial charge < -0.3 is 10.2 Å². The van der Waals surface area contributed by atoms with Crippen LogP contribution in [-0.4, -0.2) is 70.0 Å². The van der Waals surface area contributed by atoms with Gasteiger partial charge >= 0.3 is 0 Å². The molecule has 2 aliphatic rings. The molecule has 0 unspecified atom stereocenters. The number of carbonyl (C=O) groups excluding carboxylic acids is 2. The predicted molar refractivity (Wildman–Crippen MR) is 78.3 cm³/mol. The van der Waals surface area contributed by atoms with Crippen molar-refractivity contribution in [2.45, 2.75) is 25.8 Å². The van der Waals surface area contributed by atoms with E-state index in [0.29, 0.717) is 24.5 Å². The molecule has 1 aromatic heterocycles. The number of amides is 2. The number of carbonyl (C=O) groups is 2. The van der Waals surface area contributed by atoms with Crippen molar-refractivity contribution in [1.29, 1.82) is 0 Å². The Morgan fingerprint density at radius 1 is 1.38 bits per heavy atom. The van der Waals surface area contributed by atoms with E-state index in [2.05, 4.69) is 19.8 Å². The highest BCUT2D eigenvalue weighted by Gasteiger charge is 2.37. The molecule has 2 saturated heterocycles. The van der Waals surface area contributed by atoms with E-state index >= 15 is 0 Å². The van der Waals surface area contributed by atoms with Crippen molar-refractivity contribution in [2.75, 3.05) is 32.7 Å². The SMILES string of the molecule is CC(C)c1nnsc1C(=O)N1CCN2CCNC(=O)[C@@H]2C1. The molecule has 1 N–H and O–H groups in total. The Morgan fingerprint density at radius 2 is 2.19 bits per heavy atom. The number of hydrogen-bond donors (Lipinski definition) is 1. The lowest BCUT2D eigenvalue weighted by Crippen LogP contribution is -2.64. The summed E-state index contributed by atoms with van der Waals surface area (Å²) in [6.45, 7) is 7.39. The highest BCUT2D eigenvalue weighted by molar-refractivity contribution is 7.08. The summed E-state index contributed by atoms with van der Waals surface area (Å²) in [4.78, 5) is 29.1. The predicted octanol–water partition coefficient (Wildman–Crippen LogP) is -0.0823. The van der Waals surface area contributed by atoms with Gasteiger partial charge in [0.2, 0.25) is 5.91 Å². The Labute approximate surface area is 127 Å². The van der Waals surface area contributed by atoms with Crippen LogP contribution in [-0.2, 0) is 4.79 Å². The van der Waals surface area contributed by atoms with Crippen molar-refractivity contribution >= 4 is 23.3 Å². The minimum absolute atomic E-state index is 0.0188. The molecule has 1 aromatic rings. The second-order valence-electron chi connectivity index (χ2n) is 5.74. The van der Waals surface area contributed by atoms with Gasteiger partial charge in [-0.15, -0.1) is 5.10 Å². The minimum atomic E-state index is -0.222. The third kappa shape index (κ3) is 2.65. The maximum absolute atomic E-state index is 12.7. The molecule has 8 heteroatoms. The summed E-state index contributed by atoms with van der Waals surface area (Å²) in [6, 6.07) is -0.222. The van der Waals surface area contributed by atoms with Crippen LogP contribution in [0.25, 0.3) is 0 Å². The number of aromatic nitrogens is 2.